The molecule has 0 spiro atoms. The molecule has 0 bridgehead atoms. The summed E-state index contributed by atoms with van der Waals surface area (Å²) in [6.07, 6.45) is 6.10. The highest BCUT2D eigenvalue weighted by atomic mass is 28.4. The first-order chi connectivity index (χ1) is 20.9. The van der Waals surface area contributed by atoms with Crippen molar-refractivity contribution in [1.29, 1.82) is 0 Å². The monoisotopic (exact) mass is 616 g/mol. The van der Waals surface area contributed by atoms with Crippen molar-refractivity contribution < 1.29 is 28.2 Å². The maximum Gasteiger partial charge on any atom is 0.310 e. The number of hydrogen-bond acceptors (Lipinski definition) is 6. The van der Waals surface area contributed by atoms with Crippen LogP contribution in [0.4, 0.5) is 0 Å². The second kappa shape index (κ2) is 16.4. The Morgan fingerprint density at radius 2 is 1.48 bits per heavy atom. The van der Waals surface area contributed by atoms with Gasteiger partial charge in [0.1, 0.15) is 24.7 Å². The smallest absolute Gasteiger partial charge is 0.310 e. The minimum atomic E-state index is -1.82. The minimum absolute atomic E-state index is 0.0854. The summed E-state index contributed by atoms with van der Waals surface area (Å²) in [6, 6.07) is 23.0. The van der Waals surface area contributed by atoms with E-state index >= 15 is 0 Å². The Morgan fingerprint density at radius 1 is 0.886 bits per heavy atom. The Labute approximate surface area is 264 Å². The summed E-state index contributed by atoms with van der Waals surface area (Å²) < 4.78 is 23.8. The summed E-state index contributed by atoms with van der Waals surface area (Å²) in [5.41, 5.74) is 2.79. The van der Waals surface area contributed by atoms with Crippen LogP contribution in [0.1, 0.15) is 74.0 Å². The van der Waals surface area contributed by atoms with E-state index in [1.165, 1.54) is 7.11 Å². The molecule has 0 aromatic heterocycles. The second-order valence-electron chi connectivity index (χ2n) is 12.6. The van der Waals surface area contributed by atoms with Crippen molar-refractivity contribution in [2.24, 2.45) is 0 Å². The zero-order valence-electron chi connectivity index (χ0n) is 27.4. The normalized spacial score (nSPS) is 12.6. The maximum absolute atomic E-state index is 13.7. The molecule has 0 unspecified atom stereocenters. The molecule has 0 aliphatic carbocycles. The van der Waals surface area contributed by atoms with Gasteiger partial charge in [-0.2, -0.15) is 0 Å². The lowest BCUT2D eigenvalue weighted by Crippen LogP contribution is -2.43. The standard InChI is InChI=1S/C37H48O6Si/c1-28(43-44(6,7)37(2,3)4)17-11-8-16-22-33(38)36-31(24-35(39)40-5)23-32(41-26-29-18-12-9-13-19-29)25-34(36)42-27-30-20-14-10-15-21-30/h9-10,12-16,18-23,25,28H,8,11,17,24,26-27H2,1-7H3/b22-16+/t28-/m1/s1. The molecule has 6 nitrogen and oxygen atoms in total. The Balaban J connectivity index is 1.81. The number of hydrogen-bond donors (Lipinski definition) is 0. The van der Waals surface area contributed by atoms with Crippen LogP contribution in [0.5, 0.6) is 11.5 Å². The zero-order chi connectivity index (χ0) is 32.2. The van der Waals surface area contributed by atoms with Crippen LogP contribution in [0, 0.1) is 0 Å². The topological polar surface area (TPSA) is 71.1 Å². The van der Waals surface area contributed by atoms with E-state index < -0.39 is 14.3 Å². The Hall–Kier alpha value is -3.68. The number of rotatable bonds is 16. The van der Waals surface area contributed by atoms with E-state index in [1.54, 1.807) is 18.2 Å². The third-order valence-electron chi connectivity index (χ3n) is 8.00. The fourth-order valence-electron chi connectivity index (χ4n) is 4.50. The van der Waals surface area contributed by atoms with Gasteiger partial charge < -0.3 is 18.6 Å². The summed E-state index contributed by atoms with van der Waals surface area (Å²) in [4.78, 5) is 26.1. The summed E-state index contributed by atoms with van der Waals surface area (Å²) >= 11 is 0. The van der Waals surface area contributed by atoms with Crippen molar-refractivity contribution in [3.8, 4) is 11.5 Å². The second-order valence-corrected chi connectivity index (χ2v) is 17.4. The van der Waals surface area contributed by atoms with Gasteiger partial charge in [0, 0.05) is 12.2 Å². The van der Waals surface area contributed by atoms with Crippen LogP contribution in [0.2, 0.25) is 18.1 Å². The molecule has 0 aliphatic heterocycles. The van der Waals surface area contributed by atoms with E-state index in [0.29, 0.717) is 29.2 Å². The van der Waals surface area contributed by atoms with Crippen LogP contribution in [0.15, 0.2) is 84.9 Å². The van der Waals surface area contributed by atoms with E-state index in [0.717, 1.165) is 30.4 Å². The van der Waals surface area contributed by atoms with E-state index in [1.807, 2.05) is 66.7 Å². The van der Waals surface area contributed by atoms with Crippen molar-refractivity contribution >= 4 is 20.1 Å². The van der Waals surface area contributed by atoms with E-state index in [9.17, 15) is 9.59 Å². The molecule has 0 fully saturated rings. The molecule has 236 valence electrons. The van der Waals surface area contributed by atoms with Gasteiger partial charge in [-0.05, 0) is 73.2 Å². The third-order valence-corrected chi connectivity index (χ3v) is 12.6. The molecular weight excluding hydrogens is 568 g/mol. The van der Waals surface area contributed by atoms with Crippen LogP contribution >= 0.6 is 0 Å². The molecule has 0 saturated carbocycles. The molecule has 3 aromatic carbocycles. The first kappa shape index (κ1) is 34.8. The van der Waals surface area contributed by atoms with Crippen LogP contribution in [0.3, 0.4) is 0 Å². The van der Waals surface area contributed by atoms with E-state index in [-0.39, 0.29) is 30.0 Å². The fourth-order valence-corrected chi connectivity index (χ4v) is 5.98. The van der Waals surface area contributed by atoms with Crippen LogP contribution in [-0.4, -0.2) is 33.3 Å². The molecule has 0 heterocycles. The molecule has 3 rings (SSSR count). The van der Waals surface area contributed by atoms with Gasteiger partial charge in [-0.25, -0.2) is 0 Å². The molecule has 0 saturated heterocycles. The van der Waals surface area contributed by atoms with Crippen molar-refractivity contribution in [2.75, 3.05) is 7.11 Å². The predicted molar refractivity (Wildman–Crippen MR) is 179 cm³/mol. The fraction of sp³-hybridized carbons (Fsp3) is 0.405. The van der Waals surface area contributed by atoms with Crippen molar-refractivity contribution in [1.82, 2.24) is 0 Å². The highest BCUT2D eigenvalue weighted by Crippen LogP contribution is 2.38. The molecule has 0 N–H and O–H groups in total. The van der Waals surface area contributed by atoms with Crippen molar-refractivity contribution in [2.45, 2.75) is 90.8 Å². The number of methoxy groups -OCH3 is 1. The zero-order valence-corrected chi connectivity index (χ0v) is 28.4. The average molecular weight is 617 g/mol. The quantitative estimate of drug-likeness (QED) is 0.0526. The number of allylic oxidation sites excluding steroid dienone is 2. The Bertz CT molecular complexity index is 1380. The van der Waals surface area contributed by atoms with E-state index in [2.05, 4.69) is 40.8 Å². The summed E-state index contributed by atoms with van der Waals surface area (Å²) in [7, 11) is -0.489. The van der Waals surface area contributed by atoms with Gasteiger partial charge in [0.25, 0.3) is 0 Å². The van der Waals surface area contributed by atoms with Gasteiger partial charge >= 0.3 is 5.97 Å². The molecule has 1 atom stereocenters. The first-order valence-electron chi connectivity index (χ1n) is 15.4. The van der Waals surface area contributed by atoms with Gasteiger partial charge in [-0.1, -0.05) is 87.5 Å². The van der Waals surface area contributed by atoms with Gasteiger partial charge in [0.2, 0.25) is 0 Å². The summed E-state index contributed by atoms with van der Waals surface area (Å²) in [5.74, 6) is 0.191. The highest BCUT2D eigenvalue weighted by molar-refractivity contribution is 6.74. The maximum atomic E-state index is 13.7. The van der Waals surface area contributed by atoms with Gasteiger partial charge in [0.05, 0.1) is 19.1 Å². The van der Waals surface area contributed by atoms with Crippen LogP contribution in [-0.2, 0) is 33.6 Å². The number of carbonyl (C=O) groups excluding carboxylic acids is 2. The lowest BCUT2D eigenvalue weighted by molar-refractivity contribution is -0.139. The number of benzene rings is 3. The number of esters is 1. The number of ketones is 1. The molecule has 0 amide bonds. The minimum Gasteiger partial charge on any atom is -0.489 e. The lowest BCUT2D eigenvalue weighted by Gasteiger charge is -2.38. The molecule has 7 heteroatoms. The van der Waals surface area contributed by atoms with E-state index in [4.69, 9.17) is 18.6 Å². The Morgan fingerprint density at radius 3 is 2.05 bits per heavy atom. The SMILES string of the molecule is COC(=O)Cc1cc(OCc2ccccc2)cc(OCc2ccccc2)c1C(=O)/C=C/CCC[C@@H](C)O[Si](C)(C)C(C)(C)C. The average Bonchev–Trinajstić information content (AvgIpc) is 2.98. The van der Waals surface area contributed by atoms with Gasteiger partial charge in [0.15, 0.2) is 14.1 Å². The van der Waals surface area contributed by atoms with Crippen LogP contribution < -0.4 is 9.47 Å². The lowest BCUT2D eigenvalue weighted by atomic mass is 9.98. The summed E-state index contributed by atoms with van der Waals surface area (Å²) in [5, 5.41) is 0.165. The highest BCUT2D eigenvalue weighted by Gasteiger charge is 2.38. The number of unbranched alkanes of at least 4 members (excludes halogenated alkanes) is 1. The summed E-state index contributed by atoms with van der Waals surface area (Å²) in [6.45, 7) is 14.0. The molecule has 0 radical (unpaired) electrons. The predicted octanol–water partition coefficient (Wildman–Crippen LogP) is 8.88. The molecule has 3 aromatic rings. The van der Waals surface area contributed by atoms with Gasteiger partial charge in [-0.15, -0.1) is 0 Å². The van der Waals surface area contributed by atoms with Crippen molar-refractivity contribution in [3.05, 3.63) is 107 Å². The molecule has 44 heavy (non-hydrogen) atoms. The number of carbonyl (C=O) groups is 2. The van der Waals surface area contributed by atoms with Crippen LogP contribution in [0.25, 0.3) is 0 Å². The first-order valence-corrected chi connectivity index (χ1v) is 18.3. The third kappa shape index (κ3) is 10.8. The van der Waals surface area contributed by atoms with Gasteiger partial charge in [-0.3, -0.25) is 9.59 Å². The Kier molecular flexibility index (Phi) is 13.0. The molecule has 0 aliphatic rings. The van der Waals surface area contributed by atoms with Crippen molar-refractivity contribution in [3.63, 3.8) is 0 Å². The molecular formula is C37H48O6Si. The number of ether oxygens (including phenoxy) is 3. The largest absolute Gasteiger partial charge is 0.489 e.